The maximum Gasteiger partial charge on any atom is 0.253 e. The van der Waals surface area contributed by atoms with Crippen molar-refractivity contribution in [1.82, 2.24) is 4.90 Å². The van der Waals surface area contributed by atoms with Crippen LogP contribution >= 0.6 is 0 Å². The van der Waals surface area contributed by atoms with Crippen molar-refractivity contribution >= 4 is 15.7 Å². The van der Waals surface area contributed by atoms with Crippen LogP contribution in [0.2, 0.25) is 0 Å². The van der Waals surface area contributed by atoms with Crippen molar-refractivity contribution in [2.75, 3.05) is 26.0 Å². The van der Waals surface area contributed by atoms with Gasteiger partial charge >= 0.3 is 0 Å². The Hall–Kier alpha value is -1.56. The van der Waals surface area contributed by atoms with E-state index in [0.29, 0.717) is 37.2 Å². The number of methoxy groups -OCH3 is 1. The maximum atomic E-state index is 12.5. The van der Waals surface area contributed by atoms with Gasteiger partial charge < -0.3 is 9.64 Å². The molecule has 0 spiro atoms. The minimum atomic E-state index is -3.06. The largest absolute Gasteiger partial charge is 0.497 e. The number of carbonyl (C=O) groups excluding carboxylic acids is 1. The molecule has 0 bridgehead atoms. The third-order valence-corrected chi connectivity index (χ3v) is 6.74. The SMILES string of the molecule is COc1cccc(C(=O)N2CCC(S(=O)(=O)CC(C)C)CC2)c1. The van der Waals surface area contributed by atoms with Crippen molar-refractivity contribution in [3.8, 4) is 5.75 Å². The number of ether oxygens (including phenoxy) is 1. The van der Waals surface area contributed by atoms with E-state index >= 15 is 0 Å². The van der Waals surface area contributed by atoms with Crippen LogP contribution in [-0.2, 0) is 9.84 Å². The van der Waals surface area contributed by atoms with E-state index in [2.05, 4.69) is 0 Å². The second kappa shape index (κ2) is 7.34. The van der Waals surface area contributed by atoms with E-state index in [1.165, 1.54) is 0 Å². The first-order chi connectivity index (χ1) is 10.8. The lowest BCUT2D eigenvalue weighted by molar-refractivity contribution is 0.0725. The van der Waals surface area contributed by atoms with E-state index in [4.69, 9.17) is 4.74 Å². The summed E-state index contributed by atoms with van der Waals surface area (Å²) < 4.78 is 29.8. The normalized spacial score (nSPS) is 16.6. The number of sulfone groups is 1. The Balaban J connectivity index is 2.00. The van der Waals surface area contributed by atoms with Gasteiger partial charge in [0, 0.05) is 18.7 Å². The zero-order valence-electron chi connectivity index (χ0n) is 14.0. The van der Waals surface area contributed by atoms with Crippen LogP contribution < -0.4 is 4.74 Å². The molecule has 1 aliphatic heterocycles. The van der Waals surface area contributed by atoms with Crippen LogP contribution in [0, 0.1) is 5.92 Å². The summed E-state index contributed by atoms with van der Waals surface area (Å²) in [6.45, 7) is 4.80. The molecular formula is C17H25NO4S. The van der Waals surface area contributed by atoms with Crippen LogP contribution in [0.1, 0.15) is 37.0 Å². The van der Waals surface area contributed by atoms with Crippen LogP contribution in [0.4, 0.5) is 0 Å². The number of benzene rings is 1. The molecule has 0 unspecified atom stereocenters. The number of hydrogen-bond acceptors (Lipinski definition) is 4. The molecule has 128 valence electrons. The molecule has 1 aromatic carbocycles. The highest BCUT2D eigenvalue weighted by molar-refractivity contribution is 7.92. The fourth-order valence-corrected chi connectivity index (χ4v) is 5.09. The summed E-state index contributed by atoms with van der Waals surface area (Å²) >= 11 is 0. The van der Waals surface area contributed by atoms with Crippen molar-refractivity contribution < 1.29 is 17.9 Å². The highest BCUT2D eigenvalue weighted by Gasteiger charge is 2.32. The lowest BCUT2D eigenvalue weighted by atomic mass is 10.1. The summed E-state index contributed by atoms with van der Waals surface area (Å²) in [6, 6.07) is 7.05. The third kappa shape index (κ3) is 4.47. The minimum Gasteiger partial charge on any atom is -0.497 e. The molecule has 1 saturated heterocycles. The van der Waals surface area contributed by atoms with Crippen molar-refractivity contribution in [3.05, 3.63) is 29.8 Å². The Bertz CT molecular complexity index is 646. The Morgan fingerprint density at radius 1 is 1.30 bits per heavy atom. The standard InChI is InChI=1S/C17H25NO4S/c1-13(2)12-23(20,21)16-7-9-18(10-8-16)17(19)14-5-4-6-15(11-14)22-3/h4-6,11,13,16H,7-10,12H2,1-3H3. The van der Waals surface area contributed by atoms with Crippen LogP contribution in [-0.4, -0.2) is 50.4 Å². The summed E-state index contributed by atoms with van der Waals surface area (Å²) in [4.78, 5) is 14.3. The lowest BCUT2D eigenvalue weighted by Crippen LogP contribution is -2.43. The molecule has 5 nitrogen and oxygen atoms in total. The third-order valence-electron chi connectivity index (χ3n) is 4.12. The average Bonchev–Trinajstić information content (AvgIpc) is 2.53. The van der Waals surface area contributed by atoms with Gasteiger partial charge in [-0.25, -0.2) is 8.42 Å². The van der Waals surface area contributed by atoms with Gasteiger partial charge in [-0.1, -0.05) is 19.9 Å². The smallest absolute Gasteiger partial charge is 0.253 e. The van der Waals surface area contributed by atoms with Crippen LogP contribution in [0.25, 0.3) is 0 Å². The highest BCUT2D eigenvalue weighted by Crippen LogP contribution is 2.22. The Morgan fingerprint density at radius 3 is 2.52 bits per heavy atom. The van der Waals surface area contributed by atoms with E-state index < -0.39 is 9.84 Å². The zero-order chi connectivity index (χ0) is 17.0. The molecule has 0 aliphatic carbocycles. The van der Waals surface area contributed by atoms with Crippen LogP contribution in [0.3, 0.4) is 0 Å². The topological polar surface area (TPSA) is 63.7 Å². The molecule has 0 saturated carbocycles. The van der Waals surface area contributed by atoms with Crippen molar-refractivity contribution in [2.45, 2.75) is 31.9 Å². The zero-order valence-corrected chi connectivity index (χ0v) is 14.8. The molecular weight excluding hydrogens is 314 g/mol. The predicted octanol–water partition coefficient (Wildman–Crippen LogP) is 2.37. The summed E-state index contributed by atoms with van der Waals surface area (Å²) in [5.74, 6) is 0.937. The van der Waals surface area contributed by atoms with Gasteiger partial charge in [0.25, 0.3) is 5.91 Å². The lowest BCUT2D eigenvalue weighted by Gasteiger charge is -2.32. The Kier molecular flexibility index (Phi) is 5.68. The van der Waals surface area contributed by atoms with Gasteiger partial charge in [0.2, 0.25) is 0 Å². The quantitative estimate of drug-likeness (QED) is 0.826. The predicted molar refractivity (Wildman–Crippen MR) is 90.5 cm³/mol. The molecule has 0 atom stereocenters. The van der Waals surface area contributed by atoms with Gasteiger partial charge in [-0.15, -0.1) is 0 Å². The fourth-order valence-electron chi connectivity index (χ4n) is 2.96. The molecule has 6 heteroatoms. The first-order valence-corrected chi connectivity index (χ1v) is 9.70. The van der Waals surface area contributed by atoms with Crippen molar-refractivity contribution in [3.63, 3.8) is 0 Å². The van der Waals surface area contributed by atoms with Crippen LogP contribution in [0.15, 0.2) is 24.3 Å². The van der Waals surface area contributed by atoms with Crippen LogP contribution in [0.5, 0.6) is 5.75 Å². The minimum absolute atomic E-state index is 0.0661. The van der Waals surface area contributed by atoms with Gasteiger partial charge in [-0.3, -0.25) is 4.79 Å². The van der Waals surface area contributed by atoms with Crippen molar-refractivity contribution in [2.24, 2.45) is 5.92 Å². The summed E-state index contributed by atoms with van der Waals surface area (Å²) in [6.07, 6.45) is 1.04. The number of likely N-dealkylation sites (tertiary alicyclic amines) is 1. The second-order valence-electron chi connectivity index (χ2n) is 6.45. The molecule has 2 rings (SSSR count). The highest BCUT2D eigenvalue weighted by atomic mass is 32.2. The molecule has 1 aromatic rings. The summed E-state index contributed by atoms with van der Waals surface area (Å²) in [7, 11) is -1.50. The molecule has 0 N–H and O–H groups in total. The van der Waals surface area contributed by atoms with Gasteiger partial charge in [0.15, 0.2) is 9.84 Å². The van der Waals surface area contributed by atoms with Gasteiger partial charge in [0.05, 0.1) is 18.1 Å². The monoisotopic (exact) mass is 339 g/mol. The molecule has 23 heavy (non-hydrogen) atoms. The van der Waals surface area contributed by atoms with E-state index in [9.17, 15) is 13.2 Å². The molecule has 1 fully saturated rings. The van der Waals surface area contributed by atoms with Gasteiger partial charge in [-0.05, 0) is 37.0 Å². The summed E-state index contributed by atoms with van der Waals surface area (Å²) in [5.41, 5.74) is 0.577. The first-order valence-electron chi connectivity index (χ1n) is 7.98. The van der Waals surface area contributed by atoms with E-state index in [1.807, 2.05) is 13.8 Å². The number of amides is 1. The van der Waals surface area contributed by atoms with E-state index in [0.717, 1.165) is 0 Å². The number of rotatable bonds is 5. The Labute approximate surface area is 138 Å². The summed E-state index contributed by atoms with van der Waals surface area (Å²) in [5, 5.41) is -0.320. The maximum absolute atomic E-state index is 12.5. The van der Waals surface area contributed by atoms with Gasteiger partial charge in [0.1, 0.15) is 5.75 Å². The van der Waals surface area contributed by atoms with E-state index in [-0.39, 0.29) is 22.8 Å². The molecule has 1 heterocycles. The molecule has 0 radical (unpaired) electrons. The fraction of sp³-hybridized carbons (Fsp3) is 0.588. The average molecular weight is 339 g/mol. The number of carbonyl (C=O) groups is 1. The first kappa shape index (κ1) is 17.8. The number of hydrogen-bond donors (Lipinski definition) is 0. The number of piperidine rings is 1. The molecule has 0 aromatic heterocycles. The van der Waals surface area contributed by atoms with Crippen molar-refractivity contribution in [1.29, 1.82) is 0 Å². The molecule has 1 amide bonds. The second-order valence-corrected chi connectivity index (χ2v) is 8.77. The Morgan fingerprint density at radius 2 is 1.96 bits per heavy atom. The van der Waals surface area contributed by atoms with Gasteiger partial charge in [-0.2, -0.15) is 0 Å². The molecule has 1 aliphatic rings. The van der Waals surface area contributed by atoms with E-state index in [1.54, 1.807) is 36.3 Å². The number of nitrogens with zero attached hydrogens (tertiary/aromatic N) is 1.